The van der Waals surface area contributed by atoms with Gasteiger partial charge in [0.1, 0.15) is 0 Å². The van der Waals surface area contributed by atoms with Crippen molar-refractivity contribution >= 4 is 11.8 Å². The Labute approximate surface area is 126 Å². The quantitative estimate of drug-likeness (QED) is 0.831. The van der Waals surface area contributed by atoms with Crippen molar-refractivity contribution in [3.63, 3.8) is 0 Å². The summed E-state index contributed by atoms with van der Waals surface area (Å²) < 4.78 is 0. The van der Waals surface area contributed by atoms with Crippen LogP contribution < -0.4 is 0 Å². The third-order valence-electron chi connectivity index (χ3n) is 4.99. The molecule has 0 aromatic heterocycles. The monoisotopic (exact) mass is 288 g/mol. The number of Topliss-reactive ketones (excluding diaryl/α,β-unsaturated/α-hetero) is 1. The second-order valence-corrected chi connectivity index (χ2v) is 6.72. The van der Waals surface area contributed by atoms with Crippen LogP contribution in [0.5, 0.6) is 0 Å². The molecule has 0 saturated heterocycles. The Morgan fingerprint density at radius 1 is 1.14 bits per heavy atom. The van der Waals surface area contributed by atoms with Crippen molar-refractivity contribution in [3.8, 4) is 0 Å². The lowest BCUT2D eigenvalue weighted by Gasteiger charge is -2.23. The molecule has 0 aliphatic heterocycles. The maximum atomic E-state index is 12.5. The summed E-state index contributed by atoms with van der Waals surface area (Å²) in [7, 11) is 0. The van der Waals surface area contributed by atoms with Gasteiger partial charge in [0, 0.05) is 11.5 Å². The number of ketones is 1. The first-order valence-corrected chi connectivity index (χ1v) is 7.72. The molecule has 1 aliphatic carbocycles. The van der Waals surface area contributed by atoms with Crippen molar-refractivity contribution < 1.29 is 14.7 Å². The molecular formula is C18H24O3. The van der Waals surface area contributed by atoms with Gasteiger partial charge in [-0.05, 0) is 36.7 Å². The Morgan fingerprint density at radius 2 is 1.71 bits per heavy atom. The Morgan fingerprint density at radius 3 is 2.19 bits per heavy atom. The largest absolute Gasteiger partial charge is 0.481 e. The molecule has 1 aromatic rings. The van der Waals surface area contributed by atoms with E-state index >= 15 is 0 Å². The van der Waals surface area contributed by atoms with Crippen LogP contribution >= 0.6 is 0 Å². The van der Waals surface area contributed by atoms with Crippen molar-refractivity contribution in [1.82, 2.24) is 0 Å². The summed E-state index contributed by atoms with van der Waals surface area (Å²) in [4.78, 5) is 23.4. The average molecular weight is 288 g/mol. The van der Waals surface area contributed by atoms with Crippen molar-refractivity contribution in [3.05, 3.63) is 35.4 Å². The number of carboxylic acid groups (broad SMARTS) is 1. The highest BCUT2D eigenvalue weighted by molar-refractivity contribution is 5.98. The maximum Gasteiger partial charge on any atom is 0.306 e. The Bertz CT molecular complexity index is 528. The summed E-state index contributed by atoms with van der Waals surface area (Å²) in [6.45, 7) is 6.54. The van der Waals surface area contributed by atoms with E-state index in [-0.39, 0.29) is 23.0 Å². The van der Waals surface area contributed by atoms with Gasteiger partial charge < -0.3 is 5.11 Å². The molecule has 1 N–H and O–H groups in total. The Balaban J connectivity index is 2.09. The van der Waals surface area contributed by atoms with E-state index in [1.54, 1.807) is 0 Å². The fourth-order valence-electron chi connectivity index (χ4n) is 2.97. The van der Waals surface area contributed by atoms with Crippen LogP contribution in [0.2, 0.25) is 0 Å². The molecule has 1 aromatic carbocycles. The highest BCUT2D eigenvalue weighted by Crippen LogP contribution is 2.34. The van der Waals surface area contributed by atoms with Gasteiger partial charge in [0.2, 0.25) is 0 Å². The van der Waals surface area contributed by atoms with Crippen molar-refractivity contribution in [2.75, 3.05) is 0 Å². The minimum Gasteiger partial charge on any atom is -0.481 e. The normalized spacial score (nSPS) is 22.2. The molecule has 1 aliphatic rings. The molecule has 0 bridgehead atoms. The molecule has 0 heterocycles. The van der Waals surface area contributed by atoms with Crippen LogP contribution in [0.25, 0.3) is 0 Å². The molecule has 1 fully saturated rings. The van der Waals surface area contributed by atoms with Gasteiger partial charge >= 0.3 is 5.97 Å². The minimum absolute atomic E-state index is 0.0969. The lowest BCUT2D eigenvalue weighted by molar-refractivity contribution is -0.141. The van der Waals surface area contributed by atoms with Crippen LogP contribution in [0.1, 0.15) is 62.4 Å². The highest BCUT2D eigenvalue weighted by Gasteiger charge is 2.34. The molecular weight excluding hydrogens is 264 g/mol. The van der Waals surface area contributed by atoms with E-state index in [1.165, 1.54) is 5.56 Å². The van der Waals surface area contributed by atoms with Gasteiger partial charge in [0.05, 0.1) is 5.92 Å². The molecule has 0 amide bonds. The van der Waals surface area contributed by atoms with E-state index in [2.05, 4.69) is 20.8 Å². The van der Waals surface area contributed by atoms with Crippen molar-refractivity contribution in [2.24, 2.45) is 11.8 Å². The smallest absolute Gasteiger partial charge is 0.306 e. The van der Waals surface area contributed by atoms with Gasteiger partial charge in [0.15, 0.2) is 5.78 Å². The summed E-state index contributed by atoms with van der Waals surface area (Å²) in [5.41, 5.74) is 2.06. The second kappa shape index (κ2) is 6.00. The van der Waals surface area contributed by atoms with Crippen molar-refractivity contribution in [2.45, 2.75) is 51.9 Å². The first-order valence-electron chi connectivity index (χ1n) is 7.72. The van der Waals surface area contributed by atoms with Crippen molar-refractivity contribution in [1.29, 1.82) is 0 Å². The lowest BCUT2D eigenvalue weighted by atomic mass is 9.81. The fraction of sp³-hybridized carbons (Fsp3) is 0.556. The third kappa shape index (κ3) is 3.34. The van der Waals surface area contributed by atoms with E-state index in [4.69, 9.17) is 5.11 Å². The van der Waals surface area contributed by atoms with Crippen LogP contribution in [0.4, 0.5) is 0 Å². The predicted molar refractivity (Wildman–Crippen MR) is 82.6 cm³/mol. The van der Waals surface area contributed by atoms with E-state index in [0.29, 0.717) is 24.8 Å². The van der Waals surface area contributed by atoms with Crippen LogP contribution in [-0.4, -0.2) is 16.9 Å². The molecule has 21 heavy (non-hydrogen) atoms. The van der Waals surface area contributed by atoms with Gasteiger partial charge in [-0.2, -0.15) is 0 Å². The molecule has 2 unspecified atom stereocenters. The number of aliphatic carboxylic acids is 1. The number of carboxylic acids is 1. The molecule has 114 valence electrons. The topological polar surface area (TPSA) is 54.4 Å². The van der Waals surface area contributed by atoms with E-state index in [0.717, 1.165) is 6.42 Å². The van der Waals surface area contributed by atoms with Gasteiger partial charge in [-0.15, -0.1) is 0 Å². The predicted octanol–water partition coefficient (Wildman–Crippen LogP) is 4.06. The average Bonchev–Trinajstić information content (AvgIpc) is 2.96. The molecule has 3 heteroatoms. The fourth-order valence-corrected chi connectivity index (χ4v) is 2.97. The first-order chi connectivity index (χ1) is 9.85. The lowest BCUT2D eigenvalue weighted by Crippen LogP contribution is -2.17. The van der Waals surface area contributed by atoms with Gasteiger partial charge in [-0.25, -0.2) is 0 Å². The summed E-state index contributed by atoms with van der Waals surface area (Å²) in [6, 6.07) is 7.84. The SMILES string of the molecule is CCC(C)(C)c1ccc(C(=O)C2CCC(C(=O)O)C2)cc1. The van der Waals surface area contributed by atoms with Gasteiger partial charge in [-0.3, -0.25) is 9.59 Å². The molecule has 0 spiro atoms. The number of benzene rings is 1. The van der Waals surface area contributed by atoms with Gasteiger partial charge in [-0.1, -0.05) is 45.0 Å². The zero-order valence-corrected chi connectivity index (χ0v) is 13.1. The van der Waals surface area contributed by atoms with Crippen LogP contribution in [0.15, 0.2) is 24.3 Å². The number of carbonyl (C=O) groups excluding carboxylic acids is 1. The Kier molecular flexibility index (Phi) is 4.50. The first kappa shape index (κ1) is 15.7. The summed E-state index contributed by atoms with van der Waals surface area (Å²) in [6.07, 6.45) is 2.84. The Hall–Kier alpha value is -1.64. The van der Waals surface area contributed by atoms with Crippen LogP contribution in [-0.2, 0) is 10.2 Å². The summed E-state index contributed by atoms with van der Waals surface area (Å²) in [5.74, 6) is -1.15. The number of hydrogen-bond donors (Lipinski definition) is 1. The number of rotatable bonds is 5. The number of hydrogen-bond acceptors (Lipinski definition) is 2. The summed E-state index contributed by atoms with van der Waals surface area (Å²) >= 11 is 0. The maximum absolute atomic E-state index is 12.5. The number of carbonyl (C=O) groups is 2. The molecule has 2 atom stereocenters. The van der Waals surface area contributed by atoms with E-state index in [1.807, 2.05) is 24.3 Å². The standard InChI is InChI=1S/C18H24O3/c1-4-18(2,3)15-9-7-12(8-10-15)16(19)13-5-6-14(11-13)17(20)21/h7-10,13-14H,4-6,11H2,1-3H3,(H,20,21). The highest BCUT2D eigenvalue weighted by atomic mass is 16.4. The van der Waals surface area contributed by atoms with E-state index in [9.17, 15) is 9.59 Å². The zero-order valence-electron chi connectivity index (χ0n) is 13.1. The second-order valence-electron chi connectivity index (χ2n) is 6.72. The summed E-state index contributed by atoms with van der Waals surface area (Å²) in [5, 5.41) is 9.03. The molecule has 3 nitrogen and oxygen atoms in total. The third-order valence-corrected chi connectivity index (χ3v) is 4.99. The van der Waals surface area contributed by atoms with E-state index < -0.39 is 5.97 Å². The van der Waals surface area contributed by atoms with Crippen LogP contribution in [0, 0.1) is 11.8 Å². The zero-order chi connectivity index (χ0) is 15.6. The molecule has 0 radical (unpaired) electrons. The molecule has 2 rings (SSSR count). The van der Waals surface area contributed by atoms with Gasteiger partial charge in [0.25, 0.3) is 0 Å². The molecule has 1 saturated carbocycles. The van der Waals surface area contributed by atoms with Crippen LogP contribution in [0.3, 0.4) is 0 Å². The minimum atomic E-state index is -0.773.